The zero-order chi connectivity index (χ0) is 35.7. The molecule has 2 aliphatic carbocycles. The first-order chi connectivity index (χ1) is 24.4. The Morgan fingerprint density at radius 1 is 0.922 bits per heavy atom. The monoisotopic (exact) mass is 751 g/mol. The maximum atomic E-state index is 14.0. The smallest absolute Gasteiger partial charge is 0.341 e. The Morgan fingerprint density at radius 2 is 1.73 bits per heavy atom. The molecular weight excluding hydrogens is 689 g/mol. The normalized spacial score (nSPS) is 52.0. The van der Waals surface area contributed by atoms with Crippen molar-refractivity contribution in [3.63, 3.8) is 0 Å². The van der Waals surface area contributed by atoms with Crippen LogP contribution in [-0.4, -0.2) is 100 Å². The first-order valence-corrected chi connectivity index (χ1v) is 22.5. The number of carbonyl (C=O) groups is 2. The summed E-state index contributed by atoms with van der Waals surface area (Å²) >= 11 is 0. The molecule has 1 spiro atoms. The average Bonchev–Trinajstić information content (AvgIpc) is 3.76. The molecule has 0 aromatic rings. The zero-order valence-electron chi connectivity index (χ0n) is 30.8. The Morgan fingerprint density at radius 3 is 2.53 bits per heavy atom. The van der Waals surface area contributed by atoms with Gasteiger partial charge in [0.2, 0.25) is 0 Å². The summed E-state index contributed by atoms with van der Waals surface area (Å²) in [6.07, 6.45) is 10.6. The van der Waals surface area contributed by atoms with Crippen LogP contribution in [0.4, 0.5) is 0 Å². The lowest BCUT2D eigenvalue weighted by molar-refractivity contribution is -0.708. The fourth-order valence-electron chi connectivity index (χ4n) is 11.8. The van der Waals surface area contributed by atoms with Crippen molar-refractivity contribution in [1.82, 2.24) is 5.32 Å². The molecule has 13 heteroatoms. The van der Waals surface area contributed by atoms with Gasteiger partial charge in [-0.25, -0.2) is 4.79 Å². The summed E-state index contributed by atoms with van der Waals surface area (Å²) in [5.74, 6) is 0.979. The molecule has 51 heavy (non-hydrogen) atoms. The van der Waals surface area contributed by atoms with E-state index in [0.29, 0.717) is 49.5 Å². The molecular formula is C38H63N4O7S2+. The minimum absolute atomic E-state index is 0.0416. The van der Waals surface area contributed by atoms with E-state index in [9.17, 15) is 14.7 Å². The Balaban J connectivity index is 1.08. The minimum atomic E-state index is -0.994. The highest BCUT2D eigenvalue weighted by Crippen LogP contribution is 2.56. The van der Waals surface area contributed by atoms with Crippen molar-refractivity contribution in [1.29, 1.82) is 0 Å². The van der Waals surface area contributed by atoms with Crippen LogP contribution >= 0.6 is 21.6 Å². The topological polar surface area (TPSA) is 175 Å². The lowest BCUT2D eigenvalue weighted by atomic mass is 9.65. The summed E-state index contributed by atoms with van der Waals surface area (Å²) in [6, 6.07) is 0.336. The quantitative estimate of drug-likeness (QED) is 0.139. The predicted octanol–water partition coefficient (Wildman–Crippen LogP) is 2.75. The van der Waals surface area contributed by atoms with E-state index in [1.807, 2.05) is 24.6 Å². The van der Waals surface area contributed by atoms with E-state index in [4.69, 9.17) is 30.4 Å². The molecule has 8 N–H and O–H groups in total. The van der Waals surface area contributed by atoms with Gasteiger partial charge in [0.15, 0.2) is 5.60 Å². The fraction of sp³-hybridized carbons (Fsp3) is 0.947. The number of aliphatic hydroxyl groups excluding tert-OH is 1. The summed E-state index contributed by atoms with van der Waals surface area (Å²) in [5.41, 5.74) is 12.1. The van der Waals surface area contributed by atoms with Gasteiger partial charge < -0.3 is 35.1 Å². The molecule has 6 saturated heterocycles. The number of ketones is 1. The number of aliphatic hydroxyl groups is 1. The number of nitrogens with two attached hydrogens (primary N) is 3. The molecule has 16 atom stereocenters. The molecule has 0 radical (unpaired) electrons. The molecule has 16 unspecified atom stereocenters. The molecule has 11 nitrogen and oxygen atoms in total. The van der Waals surface area contributed by atoms with Gasteiger partial charge in [-0.1, -0.05) is 40.9 Å². The van der Waals surface area contributed by atoms with Crippen LogP contribution in [0.1, 0.15) is 111 Å². The summed E-state index contributed by atoms with van der Waals surface area (Å²) in [6.45, 7) is 6.93. The van der Waals surface area contributed by atoms with Gasteiger partial charge >= 0.3 is 5.97 Å². The molecule has 8 fully saturated rings. The van der Waals surface area contributed by atoms with Crippen molar-refractivity contribution < 1.29 is 39.0 Å². The second-order valence-corrected chi connectivity index (χ2v) is 20.9. The van der Waals surface area contributed by atoms with E-state index < -0.39 is 29.3 Å². The number of Topliss-reactive ketones (excluding diaryl/α,β-unsaturated/α-hetero) is 1. The third-order valence-corrected chi connectivity index (χ3v) is 17.9. The van der Waals surface area contributed by atoms with Crippen molar-refractivity contribution in [3.8, 4) is 0 Å². The number of nitrogens with one attached hydrogen (secondary N) is 1. The van der Waals surface area contributed by atoms with Gasteiger partial charge in [0, 0.05) is 47.6 Å². The number of rotatable bonds is 0. The number of fused-ring (bicyclic) bond motifs is 9. The largest absolute Gasteiger partial charge is 0.457 e. The van der Waals surface area contributed by atoms with Gasteiger partial charge in [0.05, 0.1) is 49.1 Å². The van der Waals surface area contributed by atoms with Crippen LogP contribution in [0.25, 0.3) is 0 Å². The van der Waals surface area contributed by atoms with Gasteiger partial charge in [0.25, 0.3) is 0 Å². The summed E-state index contributed by atoms with van der Waals surface area (Å²) < 4.78 is 25.9. The highest BCUT2D eigenvalue weighted by molar-refractivity contribution is 8.77. The fourth-order valence-corrected chi connectivity index (χ4v) is 15.5. The molecule has 2 bridgehead atoms. The Labute approximate surface area is 311 Å². The minimum Gasteiger partial charge on any atom is -0.457 e. The van der Waals surface area contributed by atoms with Gasteiger partial charge in [0.1, 0.15) is 23.7 Å². The van der Waals surface area contributed by atoms with E-state index >= 15 is 0 Å². The van der Waals surface area contributed by atoms with E-state index in [0.717, 1.165) is 44.4 Å². The highest BCUT2D eigenvalue weighted by atomic mass is 33.1. The van der Waals surface area contributed by atoms with Crippen molar-refractivity contribution in [2.45, 2.75) is 182 Å². The molecule has 2 saturated carbocycles. The summed E-state index contributed by atoms with van der Waals surface area (Å²) in [4.78, 5) is 27.1. The lowest BCUT2D eigenvalue weighted by Gasteiger charge is -2.54. The Bertz CT molecular complexity index is 1310. The number of ether oxygens (including phenoxy) is 4. The van der Waals surface area contributed by atoms with Crippen LogP contribution in [0, 0.1) is 29.6 Å². The molecule has 0 amide bonds. The van der Waals surface area contributed by atoms with Crippen molar-refractivity contribution >= 4 is 33.3 Å². The molecule has 6 aliphatic heterocycles. The zero-order valence-corrected chi connectivity index (χ0v) is 32.5. The number of piperidine rings is 2. The van der Waals surface area contributed by atoms with Crippen molar-refractivity contribution in [2.24, 2.45) is 41.1 Å². The van der Waals surface area contributed by atoms with E-state index in [1.54, 1.807) is 0 Å². The Kier molecular flexibility index (Phi) is 10.7. The Hall–Kier alpha value is -0.480. The molecule has 8 rings (SSSR count). The van der Waals surface area contributed by atoms with E-state index in [1.165, 1.54) is 32.1 Å². The van der Waals surface area contributed by atoms with Crippen LogP contribution < -0.4 is 22.1 Å². The predicted molar refractivity (Wildman–Crippen MR) is 196 cm³/mol. The maximum Gasteiger partial charge on any atom is 0.341 e. The SMILES string of the molecule is CC1CC(=O)C2C(CC3OC4(C)CCSSC5(CCCCC5)C5C(N)[NH2+]CCC5C5CC(CCC6OC6(C)C(=O)OC4CC3C2O)CC(N)N5)O1. The molecule has 0 aromatic carbocycles. The maximum absolute atomic E-state index is 14.0. The first kappa shape index (κ1) is 37.4. The number of esters is 1. The highest BCUT2D eigenvalue weighted by Gasteiger charge is 2.63. The molecule has 0 aromatic heterocycles. The lowest BCUT2D eigenvalue weighted by Crippen LogP contribution is -2.98. The number of epoxide rings is 1. The second-order valence-electron chi connectivity index (χ2n) is 18.0. The third kappa shape index (κ3) is 7.10. The number of hydrogen-bond donors (Lipinski definition) is 5. The van der Waals surface area contributed by atoms with Crippen molar-refractivity contribution in [3.05, 3.63) is 0 Å². The van der Waals surface area contributed by atoms with Crippen LogP contribution in [0.3, 0.4) is 0 Å². The number of carbonyl (C=O) groups excluding carboxylic acids is 2. The van der Waals surface area contributed by atoms with Crippen LogP contribution in [-0.2, 0) is 28.5 Å². The second kappa shape index (κ2) is 14.5. The standard InChI is InChI=1S/C38H62N4O7S2/c1-20-15-25(43)31-27(46-20)19-26-23(33(31)44)18-29-36(2,48-26)12-14-50-51-38(10-5-4-6-11-38)32-22(9-13-41-34(32)40)24-16-21(17-30(39)42-24)7-8-28-37(3,49-28)35(45)47-29/h20-24,26-34,41-42,44H,4-19,39-40H2,1-3H3/p+1. The third-order valence-electron chi connectivity index (χ3n) is 14.6. The average molecular weight is 752 g/mol. The number of quaternary nitrogens is 1. The summed E-state index contributed by atoms with van der Waals surface area (Å²) in [7, 11) is 4.00. The van der Waals surface area contributed by atoms with Gasteiger partial charge in [-0.2, -0.15) is 0 Å². The van der Waals surface area contributed by atoms with Crippen molar-refractivity contribution in [2.75, 3.05) is 12.3 Å². The van der Waals surface area contributed by atoms with Crippen LogP contribution in [0.5, 0.6) is 0 Å². The van der Waals surface area contributed by atoms with Gasteiger partial charge in [-0.05, 0) is 84.0 Å². The van der Waals surface area contributed by atoms with Gasteiger partial charge in [-0.3, -0.25) is 15.8 Å². The molecule has 6 heterocycles. The van der Waals surface area contributed by atoms with Crippen LogP contribution in [0.15, 0.2) is 0 Å². The molecule has 8 aliphatic rings. The molecule has 288 valence electrons. The van der Waals surface area contributed by atoms with Gasteiger partial charge in [-0.15, -0.1) is 0 Å². The summed E-state index contributed by atoms with van der Waals surface area (Å²) in [5, 5.41) is 17.9. The first-order valence-electron chi connectivity index (χ1n) is 20.2. The van der Waals surface area contributed by atoms with E-state index in [-0.39, 0.29) is 59.2 Å². The van der Waals surface area contributed by atoms with E-state index in [2.05, 4.69) is 28.4 Å². The van der Waals surface area contributed by atoms with Crippen LogP contribution in [0.2, 0.25) is 0 Å². The number of hydrogen-bond acceptors (Lipinski definition) is 12.